The van der Waals surface area contributed by atoms with Gasteiger partial charge in [0.2, 0.25) is 5.91 Å². The van der Waals surface area contributed by atoms with E-state index in [1.54, 1.807) is 0 Å². The van der Waals surface area contributed by atoms with Crippen molar-refractivity contribution in [3.05, 3.63) is 0 Å². The number of amides is 1. The molecule has 102 valence electrons. The fraction of sp³-hybridized carbons (Fsp3) is 0.909. The van der Waals surface area contributed by atoms with Crippen molar-refractivity contribution < 1.29 is 9.90 Å². The van der Waals surface area contributed by atoms with Gasteiger partial charge in [0, 0.05) is 43.2 Å². The number of nitrogens with one attached hydrogen (secondary N) is 2. The van der Waals surface area contributed by atoms with Gasteiger partial charge in [0.1, 0.15) is 0 Å². The van der Waals surface area contributed by atoms with Crippen molar-refractivity contribution >= 4 is 30.1 Å². The van der Waals surface area contributed by atoms with Crippen molar-refractivity contribution in [1.82, 2.24) is 10.6 Å². The SMILES string of the molecule is CC(CCCO)NC(=O)CC1CSCCN1.Cl. The lowest BCUT2D eigenvalue weighted by molar-refractivity contribution is -0.122. The largest absolute Gasteiger partial charge is 0.396 e. The molecular formula is C11H23ClN2O2S. The van der Waals surface area contributed by atoms with E-state index in [-0.39, 0.29) is 31.0 Å². The van der Waals surface area contributed by atoms with E-state index in [2.05, 4.69) is 10.6 Å². The molecule has 0 bridgehead atoms. The number of thioether (sulfide) groups is 1. The van der Waals surface area contributed by atoms with Crippen LogP contribution in [0.25, 0.3) is 0 Å². The first-order chi connectivity index (χ1) is 7.72. The van der Waals surface area contributed by atoms with Crippen LogP contribution in [0.2, 0.25) is 0 Å². The standard InChI is InChI=1S/C11H22N2O2S.ClH/c1-9(3-2-5-14)13-11(15)7-10-8-16-6-4-12-10;/h9-10,12,14H,2-8H2,1H3,(H,13,15);1H. The number of halogens is 1. The Bertz CT molecular complexity index is 214. The average Bonchev–Trinajstić information content (AvgIpc) is 2.27. The van der Waals surface area contributed by atoms with Crippen LogP contribution in [0.5, 0.6) is 0 Å². The van der Waals surface area contributed by atoms with E-state index in [4.69, 9.17) is 5.11 Å². The van der Waals surface area contributed by atoms with Gasteiger partial charge in [0.05, 0.1) is 0 Å². The fourth-order valence-electron chi connectivity index (χ4n) is 1.78. The predicted molar refractivity (Wildman–Crippen MR) is 74.9 cm³/mol. The Morgan fingerprint density at radius 1 is 1.65 bits per heavy atom. The molecule has 1 rings (SSSR count). The highest BCUT2D eigenvalue weighted by molar-refractivity contribution is 7.99. The molecule has 0 radical (unpaired) electrons. The predicted octanol–water partition coefficient (Wildman–Crippen LogP) is 0.780. The van der Waals surface area contributed by atoms with Crippen molar-refractivity contribution in [3.8, 4) is 0 Å². The maximum atomic E-state index is 11.7. The average molecular weight is 283 g/mol. The number of aliphatic hydroxyl groups is 1. The normalized spacial score (nSPS) is 21.4. The molecule has 6 heteroatoms. The quantitative estimate of drug-likeness (QED) is 0.674. The molecule has 1 heterocycles. The van der Waals surface area contributed by atoms with Crippen molar-refractivity contribution in [3.63, 3.8) is 0 Å². The van der Waals surface area contributed by atoms with E-state index in [1.165, 1.54) is 0 Å². The Balaban J connectivity index is 0.00000256. The molecule has 1 fully saturated rings. The molecule has 1 saturated heterocycles. The molecule has 3 N–H and O–H groups in total. The summed E-state index contributed by atoms with van der Waals surface area (Å²) in [4.78, 5) is 11.7. The first kappa shape index (κ1) is 17.0. The molecule has 1 amide bonds. The molecule has 0 spiro atoms. The minimum absolute atomic E-state index is 0. The van der Waals surface area contributed by atoms with Gasteiger partial charge in [0.25, 0.3) is 0 Å². The molecule has 17 heavy (non-hydrogen) atoms. The highest BCUT2D eigenvalue weighted by Crippen LogP contribution is 2.10. The molecule has 1 aliphatic heterocycles. The lowest BCUT2D eigenvalue weighted by Crippen LogP contribution is -2.43. The number of hydrogen-bond donors (Lipinski definition) is 3. The zero-order chi connectivity index (χ0) is 11.8. The Labute approximate surface area is 114 Å². The Morgan fingerprint density at radius 3 is 3.00 bits per heavy atom. The topological polar surface area (TPSA) is 61.4 Å². The molecule has 2 atom stereocenters. The zero-order valence-electron chi connectivity index (χ0n) is 10.3. The van der Waals surface area contributed by atoms with Crippen molar-refractivity contribution in [1.29, 1.82) is 0 Å². The summed E-state index contributed by atoms with van der Waals surface area (Å²) in [6, 6.07) is 0.486. The zero-order valence-corrected chi connectivity index (χ0v) is 11.9. The van der Waals surface area contributed by atoms with Crippen molar-refractivity contribution in [2.24, 2.45) is 0 Å². The third-order valence-electron chi connectivity index (χ3n) is 2.63. The Kier molecular flexibility index (Phi) is 10.0. The van der Waals surface area contributed by atoms with E-state index < -0.39 is 0 Å². The highest BCUT2D eigenvalue weighted by atomic mass is 35.5. The van der Waals surface area contributed by atoms with E-state index in [1.807, 2.05) is 18.7 Å². The van der Waals surface area contributed by atoms with Crippen LogP contribution in [0.15, 0.2) is 0 Å². The third kappa shape index (κ3) is 7.86. The minimum Gasteiger partial charge on any atom is -0.396 e. The summed E-state index contributed by atoms with van der Waals surface area (Å²) in [5, 5.41) is 15.0. The van der Waals surface area contributed by atoms with Gasteiger partial charge in [-0.05, 0) is 19.8 Å². The number of aliphatic hydroxyl groups excluding tert-OH is 1. The summed E-state index contributed by atoms with van der Waals surface area (Å²) in [5.41, 5.74) is 0. The van der Waals surface area contributed by atoms with Gasteiger partial charge < -0.3 is 15.7 Å². The molecule has 0 aromatic rings. The first-order valence-corrected chi connectivity index (χ1v) is 7.09. The second kappa shape index (κ2) is 10.00. The summed E-state index contributed by atoms with van der Waals surface area (Å²) >= 11 is 1.90. The Morgan fingerprint density at radius 2 is 2.41 bits per heavy atom. The minimum atomic E-state index is 0. The van der Waals surface area contributed by atoms with Crippen LogP contribution in [-0.2, 0) is 4.79 Å². The third-order valence-corrected chi connectivity index (χ3v) is 3.76. The number of carbonyl (C=O) groups excluding carboxylic acids is 1. The van der Waals surface area contributed by atoms with Crippen molar-refractivity contribution in [2.75, 3.05) is 24.7 Å². The van der Waals surface area contributed by atoms with Gasteiger partial charge >= 0.3 is 0 Å². The maximum absolute atomic E-state index is 11.7. The van der Waals surface area contributed by atoms with Gasteiger partial charge in [-0.2, -0.15) is 11.8 Å². The van der Waals surface area contributed by atoms with E-state index in [0.717, 1.165) is 30.9 Å². The first-order valence-electron chi connectivity index (χ1n) is 5.93. The maximum Gasteiger partial charge on any atom is 0.221 e. The molecule has 4 nitrogen and oxygen atoms in total. The van der Waals surface area contributed by atoms with Crippen LogP contribution in [0.4, 0.5) is 0 Å². The summed E-state index contributed by atoms with van der Waals surface area (Å²) < 4.78 is 0. The second-order valence-corrected chi connectivity index (χ2v) is 5.41. The summed E-state index contributed by atoms with van der Waals surface area (Å²) in [6.45, 7) is 3.18. The lowest BCUT2D eigenvalue weighted by Gasteiger charge is -2.23. The van der Waals surface area contributed by atoms with Gasteiger partial charge in [-0.3, -0.25) is 4.79 Å². The molecule has 0 saturated carbocycles. The van der Waals surface area contributed by atoms with Crippen LogP contribution < -0.4 is 10.6 Å². The van der Waals surface area contributed by atoms with Crippen LogP contribution in [0.1, 0.15) is 26.2 Å². The van der Waals surface area contributed by atoms with Crippen LogP contribution in [0, 0.1) is 0 Å². The molecule has 0 aromatic heterocycles. The van der Waals surface area contributed by atoms with Crippen LogP contribution in [0.3, 0.4) is 0 Å². The van der Waals surface area contributed by atoms with E-state index >= 15 is 0 Å². The van der Waals surface area contributed by atoms with Crippen molar-refractivity contribution in [2.45, 2.75) is 38.3 Å². The summed E-state index contributed by atoms with van der Waals surface area (Å²) in [7, 11) is 0. The lowest BCUT2D eigenvalue weighted by atomic mass is 10.1. The Hall–Kier alpha value is 0.0300. The summed E-state index contributed by atoms with van der Waals surface area (Å²) in [6.07, 6.45) is 2.16. The van der Waals surface area contributed by atoms with Gasteiger partial charge in [-0.25, -0.2) is 0 Å². The number of carbonyl (C=O) groups is 1. The molecule has 0 aliphatic carbocycles. The molecule has 1 aliphatic rings. The van der Waals surface area contributed by atoms with Gasteiger partial charge in [0.15, 0.2) is 0 Å². The highest BCUT2D eigenvalue weighted by Gasteiger charge is 2.17. The summed E-state index contributed by atoms with van der Waals surface area (Å²) in [5.74, 6) is 2.29. The van der Waals surface area contributed by atoms with Gasteiger partial charge in [-0.1, -0.05) is 0 Å². The smallest absolute Gasteiger partial charge is 0.221 e. The number of rotatable bonds is 6. The van der Waals surface area contributed by atoms with Gasteiger partial charge in [-0.15, -0.1) is 12.4 Å². The second-order valence-electron chi connectivity index (χ2n) is 4.26. The monoisotopic (exact) mass is 282 g/mol. The van der Waals surface area contributed by atoms with E-state index in [0.29, 0.717) is 12.5 Å². The van der Waals surface area contributed by atoms with Crippen LogP contribution >= 0.6 is 24.2 Å². The molecule has 0 aromatic carbocycles. The number of hydrogen-bond acceptors (Lipinski definition) is 4. The fourth-order valence-corrected chi connectivity index (χ4v) is 2.73. The molecular weight excluding hydrogens is 260 g/mol. The van der Waals surface area contributed by atoms with E-state index in [9.17, 15) is 4.79 Å². The molecule has 2 unspecified atom stereocenters. The van der Waals surface area contributed by atoms with Crippen LogP contribution in [-0.4, -0.2) is 47.8 Å².